The monoisotopic (exact) mass is 421 g/mol. The first-order valence-corrected chi connectivity index (χ1v) is 10.1. The van der Waals surface area contributed by atoms with Crippen molar-refractivity contribution in [2.45, 2.75) is 6.42 Å². The zero-order chi connectivity index (χ0) is 20.1. The van der Waals surface area contributed by atoms with Crippen LogP contribution in [0, 0.1) is 0 Å². The van der Waals surface area contributed by atoms with Gasteiger partial charge in [-0.05, 0) is 30.3 Å². The van der Waals surface area contributed by atoms with E-state index in [9.17, 15) is 4.79 Å². The summed E-state index contributed by atoms with van der Waals surface area (Å²) in [5, 5.41) is 6.20. The van der Waals surface area contributed by atoms with Crippen LogP contribution in [0.2, 0.25) is 5.02 Å². The number of carbonyl (C=O) groups is 1. The SMILES string of the molecule is O=C(Cc1csc(-c2ccccc2Cl)n1)Nc1cccc(Oc2ccncc2)c1. The minimum atomic E-state index is -0.151. The molecule has 4 aromatic rings. The number of aromatic nitrogens is 2. The van der Waals surface area contributed by atoms with Crippen molar-refractivity contribution in [3.8, 4) is 22.1 Å². The van der Waals surface area contributed by atoms with Gasteiger partial charge in [-0.25, -0.2) is 4.98 Å². The van der Waals surface area contributed by atoms with Crippen molar-refractivity contribution in [1.82, 2.24) is 9.97 Å². The number of hydrogen-bond acceptors (Lipinski definition) is 5. The molecule has 144 valence electrons. The van der Waals surface area contributed by atoms with Crippen LogP contribution in [0.15, 0.2) is 78.4 Å². The lowest BCUT2D eigenvalue weighted by Crippen LogP contribution is -2.14. The number of rotatable bonds is 6. The number of carbonyl (C=O) groups excluding carboxylic acids is 1. The third-order valence-corrected chi connectivity index (χ3v) is 5.25. The highest BCUT2D eigenvalue weighted by Gasteiger charge is 2.11. The van der Waals surface area contributed by atoms with Crippen LogP contribution >= 0.6 is 22.9 Å². The van der Waals surface area contributed by atoms with Gasteiger partial charge >= 0.3 is 0 Å². The van der Waals surface area contributed by atoms with E-state index in [1.807, 2.05) is 47.8 Å². The fourth-order valence-electron chi connectivity index (χ4n) is 2.70. The maximum absolute atomic E-state index is 12.4. The molecule has 2 heterocycles. The molecule has 4 rings (SSSR count). The van der Waals surface area contributed by atoms with Crippen LogP contribution in [-0.4, -0.2) is 15.9 Å². The van der Waals surface area contributed by atoms with Crippen molar-refractivity contribution >= 4 is 34.5 Å². The number of hydrogen-bond donors (Lipinski definition) is 1. The minimum absolute atomic E-state index is 0.151. The summed E-state index contributed by atoms with van der Waals surface area (Å²) in [6.07, 6.45) is 3.49. The summed E-state index contributed by atoms with van der Waals surface area (Å²) < 4.78 is 5.77. The van der Waals surface area contributed by atoms with Crippen molar-refractivity contribution in [2.75, 3.05) is 5.32 Å². The Hall–Kier alpha value is -3.22. The molecule has 0 bridgehead atoms. The van der Waals surface area contributed by atoms with E-state index in [1.165, 1.54) is 11.3 Å². The Morgan fingerprint density at radius 2 is 1.86 bits per heavy atom. The second kappa shape index (κ2) is 8.86. The molecule has 0 saturated heterocycles. The quantitative estimate of drug-likeness (QED) is 0.425. The fraction of sp³-hybridized carbons (Fsp3) is 0.0455. The molecule has 0 spiro atoms. The Labute approximate surface area is 177 Å². The van der Waals surface area contributed by atoms with Gasteiger partial charge in [-0.15, -0.1) is 11.3 Å². The highest BCUT2D eigenvalue weighted by atomic mass is 35.5. The highest BCUT2D eigenvalue weighted by Crippen LogP contribution is 2.30. The number of amides is 1. The summed E-state index contributed by atoms with van der Waals surface area (Å²) in [5.74, 6) is 1.16. The van der Waals surface area contributed by atoms with E-state index in [0.29, 0.717) is 27.9 Å². The summed E-state index contributed by atoms with van der Waals surface area (Å²) in [5.41, 5.74) is 2.22. The molecular weight excluding hydrogens is 406 g/mol. The Bertz CT molecular complexity index is 1130. The number of anilines is 1. The summed E-state index contributed by atoms with van der Waals surface area (Å²) in [4.78, 5) is 20.9. The van der Waals surface area contributed by atoms with Gasteiger partial charge in [0.1, 0.15) is 16.5 Å². The molecule has 0 atom stereocenters. The van der Waals surface area contributed by atoms with E-state index < -0.39 is 0 Å². The van der Waals surface area contributed by atoms with Crippen LogP contribution < -0.4 is 10.1 Å². The van der Waals surface area contributed by atoms with Gasteiger partial charge in [0.2, 0.25) is 5.91 Å². The average molecular weight is 422 g/mol. The second-order valence-electron chi connectivity index (χ2n) is 6.16. The molecule has 1 N–H and O–H groups in total. The van der Waals surface area contributed by atoms with E-state index >= 15 is 0 Å². The first kappa shape index (κ1) is 19.1. The zero-order valence-electron chi connectivity index (χ0n) is 15.2. The van der Waals surface area contributed by atoms with Gasteiger partial charge in [-0.1, -0.05) is 35.9 Å². The largest absolute Gasteiger partial charge is 0.457 e. The zero-order valence-corrected chi connectivity index (χ0v) is 16.8. The maximum Gasteiger partial charge on any atom is 0.230 e. The lowest BCUT2D eigenvalue weighted by molar-refractivity contribution is -0.115. The van der Waals surface area contributed by atoms with Gasteiger partial charge in [0, 0.05) is 35.1 Å². The smallest absolute Gasteiger partial charge is 0.230 e. The Kier molecular flexibility index (Phi) is 5.84. The van der Waals surface area contributed by atoms with Crippen molar-refractivity contribution in [1.29, 1.82) is 0 Å². The first-order chi connectivity index (χ1) is 14.2. The minimum Gasteiger partial charge on any atom is -0.457 e. The normalized spacial score (nSPS) is 10.5. The van der Waals surface area contributed by atoms with Gasteiger partial charge in [-0.2, -0.15) is 0 Å². The average Bonchev–Trinajstić information content (AvgIpc) is 3.17. The van der Waals surface area contributed by atoms with Crippen molar-refractivity contribution in [2.24, 2.45) is 0 Å². The van der Waals surface area contributed by atoms with E-state index in [-0.39, 0.29) is 12.3 Å². The van der Waals surface area contributed by atoms with E-state index in [2.05, 4.69) is 15.3 Å². The topological polar surface area (TPSA) is 64.1 Å². The van der Waals surface area contributed by atoms with Crippen molar-refractivity contribution in [3.63, 3.8) is 0 Å². The maximum atomic E-state index is 12.4. The highest BCUT2D eigenvalue weighted by molar-refractivity contribution is 7.13. The van der Waals surface area contributed by atoms with E-state index in [1.54, 1.807) is 30.6 Å². The summed E-state index contributed by atoms with van der Waals surface area (Å²) in [7, 11) is 0. The second-order valence-corrected chi connectivity index (χ2v) is 7.43. The molecule has 0 fully saturated rings. The van der Waals surface area contributed by atoms with Crippen LogP contribution in [-0.2, 0) is 11.2 Å². The van der Waals surface area contributed by atoms with Crippen LogP contribution in [0.3, 0.4) is 0 Å². The molecule has 2 aromatic heterocycles. The van der Waals surface area contributed by atoms with Crippen LogP contribution in [0.5, 0.6) is 11.5 Å². The Morgan fingerprint density at radius 1 is 1.03 bits per heavy atom. The van der Waals surface area contributed by atoms with Crippen LogP contribution in [0.25, 0.3) is 10.6 Å². The Morgan fingerprint density at radius 3 is 2.69 bits per heavy atom. The first-order valence-electron chi connectivity index (χ1n) is 8.84. The molecule has 2 aromatic carbocycles. The lowest BCUT2D eigenvalue weighted by atomic mass is 10.2. The number of nitrogens with one attached hydrogen (secondary N) is 1. The molecule has 0 radical (unpaired) electrons. The Balaban J connectivity index is 1.40. The van der Waals surface area contributed by atoms with Crippen LogP contribution in [0.1, 0.15) is 5.69 Å². The lowest BCUT2D eigenvalue weighted by Gasteiger charge is -2.08. The fourth-order valence-corrected chi connectivity index (χ4v) is 3.84. The molecule has 5 nitrogen and oxygen atoms in total. The molecule has 0 aliphatic rings. The predicted octanol–water partition coefficient (Wildman–Crippen LogP) is 5.83. The number of thiazole rings is 1. The van der Waals surface area contributed by atoms with E-state index in [4.69, 9.17) is 16.3 Å². The molecular formula is C22H16ClN3O2S. The van der Waals surface area contributed by atoms with Gasteiger partial charge < -0.3 is 10.1 Å². The standard InChI is InChI=1S/C22H16ClN3O2S/c23-20-7-2-1-6-19(20)22-26-16(14-29-22)13-21(27)25-15-4-3-5-18(12-15)28-17-8-10-24-11-9-17/h1-12,14H,13H2,(H,25,27). The summed E-state index contributed by atoms with van der Waals surface area (Å²) in [6.45, 7) is 0. The third-order valence-electron chi connectivity index (χ3n) is 4.00. The number of pyridine rings is 1. The predicted molar refractivity (Wildman–Crippen MR) is 116 cm³/mol. The molecule has 0 unspecified atom stereocenters. The van der Waals surface area contributed by atoms with E-state index in [0.717, 1.165) is 10.6 Å². The third kappa shape index (κ3) is 4.99. The number of benzene rings is 2. The molecule has 0 aliphatic carbocycles. The van der Waals surface area contributed by atoms with Gasteiger partial charge in [0.05, 0.1) is 17.1 Å². The van der Waals surface area contributed by atoms with Gasteiger partial charge in [-0.3, -0.25) is 9.78 Å². The van der Waals surface area contributed by atoms with Crippen molar-refractivity contribution in [3.05, 3.63) is 89.2 Å². The molecule has 0 aliphatic heterocycles. The van der Waals surface area contributed by atoms with Gasteiger partial charge in [0.25, 0.3) is 0 Å². The van der Waals surface area contributed by atoms with Crippen molar-refractivity contribution < 1.29 is 9.53 Å². The number of halogens is 1. The number of ether oxygens (including phenoxy) is 1. The molecule has 7 heteroatoms. The molecule has 0 saturated carbocycles. The summed E-state index contributed by atoms with van der Waals surface area (Å²) in [6, 6.07) is 18.3. The van der Waals surface area contributed by atoms with Gasteiger partial charge in [0.15, 0.2) is 0 Å². The van der Waals surface area contributed by atoms with Crippen LogP contribution in [0.4, 0.5) is 5.69 Å². The summed E-state index contributed by atoms with van der Waals surface area (Å²) >= 11 is 7.69. The molecule has 29 heavy (non-hydrogen) atoms. The number of nitrogens with zero attached hydrogens (tertiary/aromatic N) is 2. The molecule has 1 amide bonds.